The van der Waals surface area contributed by atoms with Crippen molar-refractivity contribution in [1.82, 2.24) is 25.0 Å². The van der Waals surface area contributed by atoms with E-state index in [1.165, 1.54) is 53.7 Å². The number of carbonyl (C=O) groups excluding carboxylic acids is 1. The van der Waals surface area contributed by atoms with Gasteiger partial charge in [-0.05, 0) is 54.1 Å². The number of alkyl halides is 3. The van der Waals surface area contributed by atoms with Gasteiger partial charge < -0.3 is 5.32 Å². The maximum Gasteiger partial charge on any atom is 0.430 e. The number of rotatable bonds is 6. The zero-order valence-corrected chi connectivity index (χ0v) is 23.1. The van der Waals surface area contributed by atoms with Crippen molar-refractivity contribution in [1.29, 1.82) is 0 Å². The number of benzene rings is 2. The molecule has 1 aromatic heterocycles. The largest absolute Gasteiger partial charge is 0.430 e. The number of piperazine rings is 1. The van der Waals surface area contributed by atoms with Crippen LogP contribution in [0.3, 0.4) is 0 Å². The molecular weight excluding hydrogens is 576 g/mol. The van der Waals surface area contributed by atoms with Crippen LogP contribution < -0.4 is 10.0 Å². The first kappa shape index (κ1) is 29.4. The number of pyridine rings is 1. The van der Waals surface area contributed by atoms with E-state index < -0.39 is 34.1 Å². The molecule has 14 heteroatoms. The quantitative estimate of drug-likeness (QED) is 0.417. The molecule has 1 fully saturated rings. The number of hydrogen-bond acceptors (Lipinski definition) is 8. The highest BCUT2D eigenvalue weighted by molar-refractivity contribution is 7.90. The molecule has 0 saturated carbocycles. The second kappa shape index (κ2) is 11.6. The van der Waals surface area contributed by atoms with Crippen molar-refractivity contribution in [2.45, 2.75) is 24.2 Å². The molecular formula is C28H26F4N6O3S. The van der Waals surface area contributed by atoms with Crippen molar-refractivity contribution >= 4 is 32.9 Å². The van der Waals surface area contributed by atoms with E-state index in [1.54, 1.807) is 12.1 Å². The van der Waals surface area contributed by atoms with Crippen LogP contribution in [0.15, 0.2) is 82.8 Å². The summed E-state index contributed by atoms with van der Waals surface area (Å²) in [4.78, 5) is 19.8. The molecule has 0 bridgehead atoms. The minimum Gasteiger partial charge on any atom is -0.314 e. The van der Waals surface area contributed by atoms with E-state index in [-0.39, 0.29) is 51.8 Å². The molecule has 9 nitrogen and oxygen atoms in total. The Morgan fingerprint density at radius 2 is 1.71 bits per heavy atom. The molecule has 0 spiro atoms. The molecule has 2 N–H and O–H groups in total. The van der Waals surface area contributed by atoms with E-state index in [0.29, 0.717) is 13.1 Å². The minimum absolute atomic E-state index is 0.0453. The third-order valence-corrected chi connectivity index (χ3v) is 8.04. The molecule has 1 saturated heterocycles. The molecule has 3 aromatic rings. The molecule has 2 aromatic carbocycles. The predicted molar refractivity (Wildman–Crippen MR) is 148 cm³/mol. The molecule has 220 valence electrons. The fourth-order valence-corrected chi connectivity index (χ4v) is 5.92. The molecule has 5 rings (SSSR count). The van der Waals surface area contributed by atoms with E-state index in [1.807, 2.05) is 4.72 Å². The Bertz CT molecular complexity index is 1640. The first-order valence-electron chi connectivity index (χ1n) is 12.9. The molecule has 0 radical (unpaired) electrons. The number of carbonyl (C=O) groups is 1. The zero-order valence-electron chi connectivity index (χ0n) is 22.3. The first-order valence-corrected chi connectivity index (χ1v) is 14.4. The predicted octanol–water partition coefficient (Wildman–Crippen LogP) is 3.43. The van der Waals surface area contributed by atoms with Crippen molar-refractivity contribution in [3.8, 4) is 0 Å². The van der Waals surface area contributed by atoms with Gasteiger partial charge in [0.05, 0.1) is 22.0 Å². The number of halogens is 4. The Balaban J connectivity index is 1.86. The van der Waals surface area contributed by atoms with Crippen LogP contribution in [0.5, 0.6) is 0 Å². The molecule has 2 aliphatic heterocycles. The van der Waals surface area contributed by atoms with Gasteiger partial charge in [0.2, 0.25) is 12.1 Å². The molecule has 3 heterocycles. The molecule has 0 aliphatic carbocycles. The SMILES string of the molecule is CC(=O)NS(=O)(=O)c1cccc(C2=C(c3ccc(F)cc3)N(N3CCNCC3)C(C(F)(F)F)N=C2c2ccccn2)c1. The van der Waals surface area contributed by atoms with E-state index in [9.17, 15) is 30.8 Å². The molecule has 1 unspecified atom stereocenters. The number of aromatic nitrogens is 1. The number of hydrogen-bond donors (Lipinski definition) is 2. The maximum atomic E-state index is 14.8. The number of sulfonamides is 1. The van der Waals surface area contributed by atoms with Gasteiger partial charge in [0.25, 0.3) is 10.0 Å². The first-order chi connectivity index (χ1) is 20.0. The average Bonchev–Trinajstić information content (AvgIpc) is 2.96. The average molecular weight is 603 g/mol. The van der Waals surface area contributed by atoms with Crippen molar-refractivity contribution in [2.24, 2.45) is 4.99 Å². The van der Waals surface area contributed by atoms with Crippen LogP contribution in [0.2, 0.25) is 0 Å². The summed E-state index contributed by atoms with van der Waals surface area (Å²) in [6.45, 7) is 2.31. The van der Waals surface area contributed by atoms with Crippen molar-refractivity contribution < 1.29 is 30.8 Å². The van der Waals surface area contributed by atoms with Gasteiger partial charge in [-0.1, -0.05) is 18.2 Å². The number of nitrogens with one attached hydrogen (secondary N) is 2. The van der Waals surface area contributed by atoms with Gasteiger partial charge in [-0.25, -0.2) is 27.5 Å². The Kier molecular flexibility index (Phi) is 8.12. The Labute approximate surface area is 239 Å². The molecule has 1 amide bonds. The summed E-state index contributed by atoms with van der Waals surface area (Å²) < 4.78 is 86.3. The van der Waals surface area contributed by atoms with Crippen LogP contribution in [-0.4, -0.2) is 73.6 Å². The number of allylic oxidation sites excluding steroid dienone is 1. The lowest BCUT2D eigenvalue weighted by molar-refractivity contribution is -0.204. The Morgan fingerprint density at radius 3 is 2.33 bits per heavy atom. The highest BCUT2D eigenvalue weighted by Crippen LogP contribution is 2.43. The fraction of sp³-hybridized carbons (Fsp3) is 0.250. The summed E-state index contributed by atoms with van der Waals surface area (Å²) in [6, 6.07) is 15.2. The lowest BCUT2D eigenvalue weighted by Gasteiger charge is -2.46. The Morgan fingerprint density at radius 1 is 1.00 bits per heavy atom. The normalized spacial score (nSPS) is 18.5. The summed E-state index contributed by atoms with van der Waals surface area (Å²) in [5, 5.41) is 5.72. The van der Waals surface area contributed by atoms with Gasteiger partial charge in [0.1, 0.15) is 5.82 Å². The number of nitrogens with zero attached hydrogens (tertiary/aromatic N) is 4. The molecule has 42 heavy (non-hydrogen) atoms. The van der Waals surface area contributed by atoms with Crippen molar-refractivity contribution in [3.63, 3.8) is 0 Å². The topological polar surface area (TPSA) is 107 Å². The van der Waals surface area contributed by atoms with Gasteiger partial charge in [-0.15, -0.1) is 0 Å². The summed E-state index contributed by atoms with van der Waals surface area (Å²) in [5.41, 5.74) is 0.640. The van der Waals surface area contributed by atoms with Crippen LogP contribution >= 0.6 is 0 Å². The van der Waals surface area contributed by atoms with Crippen LogP contribution in [-0.2, 0) is 14.8 Å². The second-order valence-electron chi connectivity index (χ2n) is 9.58. The number of aliphatic imine (C=N–C) groups is 1. The van der Waals surface area contributed by atoms with Gasteiger partial charge >= 0.3 is 6.18 Å². The van der Waals surface area contributed by atoms with Gasteiger partial charge in [-0.3, -0.25) is 14.8 Å². The summed E-state index contributed by atoms with van der Waals surface area (Å²) in [6.07, 6.45) is -5.78. The van der Waals surface area contributed by atoms with Crippen LogP contribution in [0.1, 0.15) is 23.7 Å². The standard InChI is InChI=1S/C28H26F4N6O3S/c1-18(39)36-42(40,41)22-6-4-5-20(17-22)24-25(23-7-2-3-12-34-23)35-27(28(30,31)32)38(37-15-13-33-14-16-37)26(24)19-8-10-21(29)11-9-19/h2-12,17,27,33H,13-16H2,1H3,(H,36,39). The van der Waals surface area contributed by atoms with E-state index >= 15 is 0 Å². The lowest BCUT2D eigenvalue weighted by Crippen LogP contribution is -2.59. The molecule has 1 atom stereocenters. The lowest BCUT2D eigenvalue weighted by atomic mass is 9.91. The smallest absolute Gasteiger partial charge is 0.314 e. The third-order valence-electron chi connectivity index (χ3n) is 6.61. The van der Waals surface area contributed by atoms with Gasteiger partial charge in [0.15, 0.2) is 0 Å². The fourth-order valence-electron chi connectivity index (χ4n) is 4.89. The van der Waals surface area contributed by atoms with Crippen molar-refractivity contribution in [3.05, 3.63) is 95.6 Å². The van der Waals surface area contributed by atoms with Crippen LogP contribution in [0.4, 0.5) is 17.6 Å². The second-order valence-corrected chi connectivity index (χ2v) is 11.3. The van der Waals surface area contributed by atoms with E-state index in [2.05, 4.69) is 15.3 Å². The highest BCUT2D eigenvalue weighted by atomic mass is 32.2. The van der Waals surface area contributed by atoms with E-state index in [4.69, 9.17) is 0 Å². The van der Waals surface area contributed by atoms with Gasteiger partial charge in [0, 0.05) is 50.4 Å². The van der Waals surface area contributed by atoms with Gasteiger partial charge in [-0.2, -0.15) is 13.2 Å². The van der Waals surface area contributed by atoms with E-state index in [0.717, 1.165) is 24.1 Å². The minimum atomic E-state index is -4.84. The number of hydrazine groups is 1. The third kappa shape index (κ3) is 6.05. The number of amides is 1. The summed E-state index contributed by atoms with van der Waals surface area (Å²) >= 11 is 0. The van der Waals surface area contributed by atoms with Crippen LogP contribution in [0, 0.1) is 5.82 Å². The summed E-state index contributed by atoms with van der Waals surface area (Å²) in [5.74, 6) is -1.39. The monoisotopic (exact) mass is 602 g/mol. The molecule has 2 aliphatic rings. The van der Waals surface area contributed by atoms with Crippen LogP contribution in [0.25, 0.3) is 11.3 Å². The Hall–Kier alpha value is -4.14. The summed E-state index contributed by atoms with van der Waals surface area (Å²) in [7, 11) is -4.30. The maximum absolute atomic E-state index is 14.8. The highest BCUT2D eigenvalue weighted by Gasteiger charge is 2.50. The zero-order chi connectivity index (χ0) is 30.1. The van der Waals surface area contributed by atoms with Crippen molar-refractivity contribution in [2.75, 3.05) is 26.2 Å².